The van der Waals surface area contributed by atoms with Gasteiger partial charge in [0.15, 0.2) is 0 Å². The minimum Gasteiger partial charge on any atom is -0.369 e. The first-order valence-corrected chi connectivity index (χ1v) is 11.2. The van der Waals surface area contributed by atoms with E-state index in [4.69, 9.17) is 16.6 Å². The third kappa shape index (κ3) is 3.99. The van der Waals surface area contributed by atoms with Crippen LogP contribution in [0.5, 0.6) is 0 Å². The molecule has 1 aliphatic heterocycles. The summed E-state index contributed by atoms with van der Waals surface area (Å²) in [4.78, 5) is 12.7. The van der Waals surface area contributed by atoms with E-state index < -0.39 is 0 Å². The number of piperazine rings is 1. The Hall–Kier alpha value is -2.67. The van der Waals surface area contributed by atoms with Gasteiger partial charge < -0.3 is 14.8 Å². The largest absolute Gasteiger partial charge is 0.369 e. The van der Waals surface area contributed by atoms with Gasteiger partial charge in [-0.05, 0) is 23.8 Å². The number of rotatable bonds is 5. The number of anilines is 1. The summed E-state index contributed by atoms with van der Waals surface area (Å²) in [5.74, 6) is 0. The number of nitrogens with zero attached hydrogens (tertiary/aromatic N) is 4. The first-order valence-electron chi connectivity index (χ1n) is 10.0. The molecule has 0 bridgehead atoms. The Kier molecular flexibility index (Phi) is 5.53. The van der Waals surface area contributed by atoms with Crippen molar-refractivity contribution in [3.8, 4) is 21.0 Å². The number of imidazole rings is 1. The van der Waals surface area contributed by atoms with Gasteiger partial charge in [0.05, 0.1) is 28.5 Å². The minimum absolute atomic E-state index is 0.676. The molecule has 5 rings (SSSR count). The summed E-state index contributed by atoms with van der Waals surface area (Å²) in [5, 5.41) is 5.07. The molecule has 1 aliphatic rings. The molecule has 0 saturated carbocycles. The fourth-order valence-corrected chi connectivity index (χ4v) is 5.13. The van der Waals surface area contributed by atoms with Crippen LogP contribution < -0.4 is 10.2 Å². The lowest BCUT2D eigenvalue weighted by atomic mass is 10.1. The van der Waals surface area contributed by atoms with Crippen molar-refractivity contribution in [1.82, 2.24) is 19.9 Å². The van der Waals surface area contributed by atoms with Gasteiger partial charge in [0.1, 0.15) is 5.01 Å². The zero-order chi connectivity index (χ0) is 20.3. The van der Waals surface area contributed by atoms with E-state index in [1.54, 1.807) is 17.5 Å². The molecule has 0 radical (unpaired) electrons. The van der Waals surface area contributed by atoms with Crippen LogP contribution in [0.1, 0.15) is 5.69 Å². The molecule has 0 aliphatic carbocycles. The van der Waals surface area contributed by atoms with Gasteiger partial charge in [0.2, 0.25) is 0 Å². The summed E-state index contributed by atoms with van der Waals surface area (Å²) in [6.45, 7) is 4.83. The second-order valence-electron chi connectivity index (χ2n) is 7.29. The molecule has 2 aromatic heterocycles. The average molecular weight is 436 g/mol. The highest BCUT2D eigenvalue weighted by Crippen LogP contribution is 2.38. The van der Waals surface area contributed by atoms with E-state index in [1.807, 2.05) is 41.4 Å². The SMILES string of the molecule is Clc1ccccc1-c1nc(Cn2ccnc2)c(-c2ccc(N3CCNCC3)cc2)s1. The molecule has 4 aromatic rings. The van der Waals surface area contributed by atoms with E-state index in [9.17, 15) is 0 Å². The topological polar surface area (TPSA) is 46.0 Å². The zero-order valence-electron chi connectivity index (χ0n) is 16.5. The van der Waals surface area contributed by atoms with Gasteiger partial charge in [-0.3, -0.25) is 0 Å². The van der Waals surface area contributed by atoms with Gasteiger partial charge in [0.25, 0.3) is 0 Å². The molecule has 1 N–H and O–H groups in total. The van der Waals surface area contributed by atoms with Crippen LogP contribution in [0.2, 0.25) is 5.02 Å². The van der Waals surface area contributed by atoms with Crippen LogP contribution in [-0.2, 0) is 6.54 Å². The number of hydrogen-bond acceptors (Lipinski definition) is 5. The van der Waals surface area contributed by atoms with E-state index in [0.717, 1.165) is 47.5 Å². The van der Waals surface area contributed by atoms with E-state index in [-0.39, 0.29) is 0 Å². The summed E-state index contributed by atoms with van der Waals surface area (Å²) in [5.41, 5.74) is 4.45. The third-order valence-electron chi connectivity index (χ3n) is 5.30. The van der Waals surface area contributed by atoms with E-state index in [1.165, 1.54) is 16.1 Å². The second-order valence-corrected chi connectivity index (χ2v) is 8.70. The maximum Gasteiger partial charge on any atom is 0.125 e. The molecule has 0 spiro atoms. The molecular weight excluding hydrogens is 414 g/mol. The Labute approximate surface area is 185 Å². The lowest BCUT2D eigenvalue weighted by Crippen LogP contribution is -2.43. The standard InChI is InChI=1S/C23H22ClN5S/c24-20-4-2-1-3-19(20)23-27-21(15-28-12-9-26-16-28)22(30-23)17-5-7-18(8-6-17)29-13-10-25-11-14-29/h1-9,12,16,25H,10-11,13-15H2. The van der Waals surface area contributed by atoms with Crippen molar-refractivity contribution in [3.63, 3.8) is 0 Å². The highest BCUT2D eigenvalue weighted by atomic mass is 35.5. The predicted octanol–water partition coefficient (Wildman–Crippen LogP) is 4.78. The van der Waals surface area contributed by atoms with E-state index in [2.05, 4.69) is 39.5 Å². The number of nitrogens with one attached hydrogen (secondary N) is 1. The first kappa shape index (κ1) is 19.3. The van der Waals surface area contributed by atoms with E-state index in [0.29, 0.717) is 6.54 Å². The third-order valence-corrected chi connectivity index (χ3v) is 6.81. The van der Waals surface area contributed by atoms with Gasteiger partial charge >= 0.3 is 0 Å². The van der Waals surface area contributed by atoms with E-state index >= 15 is 0 Å². The molecule has 3 heterocycles. The maximum atomic E-state index is 6.46. The summed E-state index contributed by atoms with van der Waals surface area (Å²) >= 11 is 8.15. The number of benzene rings is 2. The molecule has 2 aromatic carbocycles. The van der Waals surface area contributed by atoms with Crippen LogP contribution >= 0.6 is 22.9 Å². The van der Waals surface area contributed by atoms with Gasteiger partial charge in [0, 0.05) is 49.8 Å². The summed E-state index contributed by atoms with van der Waals surface area (Å²) in [7, 11) is 0. The van der Waals surface area contributed by atoms with Crippen LogP contribution in [0.3, 0.4) is 0 Å². The Morgan fingerprint density at radius 1 is 1.03 bits per heavy atom. The molecule has 30 heavy (non-hydrogen) atoms. The highest BCUT2D eigenvalue weighted by molar-refractivity contribution is 7.18. The van der Waals surface area contributed by atoms with Crippen molar-refractivity contribution in [2.24, 2.45) is 0 Å². The second kappa shape index (κ2) is 8.60. The smallest absolute Gasteiger partial charge is 0.125 e. The molecule has 0 amide bonds. The molecule has 5 nitrogen and oxygen atoms in total. The number of hydrogen-bond donors (Lipinski definition) is 1. The number of halogens is 1. The fourth-order valence-electron chi connectivity index (χ4n) is 3.73. The van der Waals surface area contributed by atoms with Gasteiger partial charge in [-0.1, -0.05) is 41.9 Å². The quantitative estimate of drug-likeness (QED) is 0.489. The zero-order valence-corrected chi connectivity index (χ0v) is 18.0. The van der Waals surface area contributed by atoms with Crippen molar-refractivity contribution in [1.29, 1.82) is 0 Å². The van der Waals surface area contributed by atoms with Crippen molar-refractivity contribution in [2.45, 2.75) is 6.54 Å². The molecule has 152 valence electrons. The minimum atomic E-state index is 0.676. The summed E-state index contributed by atoms with van der Waals surface area (Å²) < 4.78 is 2.05. The maximum absolute atomic E-state index is 6.46. The lowest BCUT2D eigenvalue weighted by molar-refractivity contribution is 0.589. The average Bonchev–Trinajstić information content (AvgIpc) is 3.45. The predicted molar refractivity (Wildman–Crippen MR) is 124 cm³/mol. The Morgan fingerprint density at radius 3 is 2.57 bits per heavy atom. The normalized spacial score (nSPS) is 14.2. The number of aromatic nitrogens is 3. The molecule has 1 saturated heterocycles. The van der Waals surface area contributed by atoms with Crippen LogP contribution in [-0.4, -0.2) is 40.7 Å². The van der Waals surface area contributed by atoms with Gasteiger partial charge in [-0.2, -0.15) is 0 Å². The number of thiazole rings is 1. The molecule has 0 unspecified atom stereocenters. The monoisotopic (exact) mass is 435 g/mol. The van der Waals surface area contributed by atoms with Crippen LogP contribution in [0.4, 0.5) is 5.69 Å². The Bertz CT molecular complexity index is 1110. The summed E-state index contributed by atoms with van der Waals surface area (Å²) in [6, 6.07) is 16.7. The van der Waals surface area contributed by atoms with Crippen LogP contribution in [0, 0.1) is 0 Å². The van der Waals surface area contributed by atoms with Crippen LogP contribution in [0.25, 0.3) is 21.0 Å². The van der Waals surface area contributed by atoms with Crippen molar-refractivity contribution in [3.05, 3.63) is 78.0 Å². The summed E-state index contributed by atoms with van der Waals surface area (Å²) in [6.07, 6.45) is 5.58. The highest BCUT2D eigenvalue weighted by Gasteiger charge is 2.17. The molecule has 0 atom stereocenters. The van der Waals surface area contributed by atoms with Crippen molar-refractivity contribution < 1.29 is 0 Å². The van der Waals surface area contributed by atoms with Gasteiger partial charge in [-0.25, -0.2) is 9.97 Å². The molecule has 7 heteroatoms. The first-order chi connectivity index (χ1) is 14.8. The van der Waals surface area contributed by atoms with Gasteiger partial charge in [-0.15, -0.1) is 11.3 Å². The lowest BCUT2D eigenvalue weighted by Gasteiger charge is -2.29. The molecule has 1 fully saturated rings. The molecular formula is C23H22ClN5S. The fraction of sp³-hybridized carbons (Fsp3) is 0.217. The Morgan fingerprint density at radius 2 is 1.83 bits per heavy atom. The Balaban J connectivity index is 1.51. The van der Waals surface area contributed by atoms with Crippen molar-refractivity contribution in [2.75, 3.05) is 31.1 Å². The van der Waals surface area contributed by atoms with Crippen molar-refractivity contribution >= 4 is 28.6 Å². The van der Waals surface area contributed by atoms with Crippen LogP contribution in [0.15, 0.2) is 67.3 Å².